The predicted octanol–water partition coefficient (Wildman–Crippen LogP) is 1.80. The third-order valence-electron chi connectivity index (χ3n) is 2.50. The molecule has 1 aromatic carbocycles. The highest BCUT2D eigenvalue weighted by molar-refractivity contribution is 6.03. The number of methoxy groups -OCH3 is 1. The highest BCUT2D eigenvalue weighted by atomic mass is 16.5. The number of carbonyl (C=O) groups is 1. The van der Waals surface area contributed by atoms with E-state index in [2.05, 4.69) is 5.10 Å². The molecular weight excluding hydrogens is 204 g/mol. The van der Waals surface area contributed by atoms with Gasteiger partial charge in [0.15, 0.2) is 0 Å². The molecule has 1 heterocycles. The number of hydrazone groups is 1. The second-order valence-corrected chi connectivity index (χ2v) is 3.78. The second-order valence-electron chi connectivity index (χ2n) is 3.78. The molecular formula is C12H14N2O2. The van der Waals surface area contributed by atoms with Gasteiger partial charge in [-0.2, -0.15) is 5.10 Å². The lowest BCUT2D eigenvalue weighted by molar-refractivity contribution is -0.129. The summed E-state index contributed by atoms with van der Waals surface area (Å²) in [7, 11) is 1.62. The molecule has 0 fully saturated rings. The molecule has 1 aromatic rings. The van der Waals surface area contributed by atoms with Gasteiger partial charge in [0.1, 0.15) is 5.75 Å². The quantitative estimate of drug-likeness (QED) is 0.776. The molecule has 0 saturated heterocycles. The molecule has 0 aromatic heterocycles. The Balaban J connectivity index is 2.18. The lowest BCUT2D eigenvalue weighted by atomic mass is 10.2. The molecule has 0 saturated carbocycles. The van der Waals surface area contributed by atoms with Crippen LogP contribution in [0, 0.1) is 0 Å². The number of amides is 1. The summed E-state index contributed by atoms with van der Waals surface area (Å²) in [5.41, 5.74) is 1.83. The Morgan fingerprint density at radius 1 is 1.44 bits per heavy atom. The van der Waals surface area contributed by atoms with Crippen LogP contribution in [0.15, 0.2) is 29.4 Å². The zero-order valence-electron chi connectivity index (χ0n) is 9.43. The number of carbonyl (C=O) groups excluding carboxylic acids is 1. The van der Waals surface area contributed by atoms with Crippen molar-refractivity contribution in [1.82, 2.24) is 5.01 Å². The van der Waals surface area contributed by atoms with Crippen molar-refractivity contribution in [2.75, 3.05) is 7.11 Å². The normalized spacial score (nSPS) is 15.2. The lowest BCUT2D eigenvalue weighted by Gasteiger charge is -2.14. The van der Waals surface area contributed by atoms with E-state index in [1.54, 1.807) is 7.11 Å². The summed E-state index contributed by atoms with van der Waals surface area (Å²) in [4.78, 5) is 11.6. The van der Waals surface area contributed by atoms with Crippen LogP contribution in [0.3, 0.4) is 0 Å². The summed E-state index contributed by atoms with van der Waals surface area (Å²) in [6, 6.07) is 7.65. The number of rotatable bonds is 3. The van der Waals surface area contributed by atoms with E-state index >= 15 is 0 Å². The Bertz CT molecular complexity index is 440. The Hall–Kier alpha value is -1.84. The van der Waals surface area contributed by atoms with E-state index in [4.69, 9.17) is 4.74 Å². The molecule has 0 unspecified atom stereocenters. The maximum absolute atomic E-state index is 11.6. The Morgan fingerprint density at radius 2 is 2.19 bits per heavy atom. The molecule has 16 heavy (non-hydrogen) atoms. The number of ether oxygens (including phenoxy) is 1. The first-order valence-corrected chi connectivity index (χ1v) is 5.17. The van der Waals surface area contributed by atoms with Gasteiger partial charge in [0, 0.05) is 11.3 Å². The van der Waals surface area contributed by atoms with Crippen molar-refractivity contribution in [3.63, 3.8) is 0 Å². The van der Waals surface area contributed by atoms with Crippen LogP contribution in [0.25, 0.3) is 0 Å². The first-order chi connectivity index (χ1) is 7.70. The summed E-state index contributed by atoms with van der Waals surface area (Å²) in [6.07, 6.45) is 0.426. The van der Waals surface area contributed by atoms with Crippen LogP contribution < -0.4 is 4.74 Å². The van der Waals surface area contributed by atoms with Crippen molar-refractivity contribution in [2.45, 2.75) is 19.9 Å². The summed E-state index contributed by atoms with van der Waals surface area (Å²) in [5, 5.41) is 5.68. The first-order valence-electron chi connectivity index (χ1n) is 5.17. The van der Waals surface area contributed by atoms with Crippen molar-refractivity contribution < 1.29 is 9.53 Å². The van der Waals surface area contributed by atoms with E-state index in [9.17, 15) is 4.79 Å². The van der Waals surface area contributed by atoms with Crippen molar-refractivity contribution in [3.05, 3.63) is 29.8 Å². The Labute approximate surface area is 94.5 Å². The molecule has 0 N–H and O–H groups in total. The van der Waals surface area contributed by atoms with E-state index < -0.39 is 0 Å². The van der Waals surface area contributed by atoms with Crippen LogP contribution in [0.4, 0.5) is 0 Å². The summed E-state index contributed by atoms with van der Waals surface area (Å²) in [6.45, 7) is 2.33. The fourth-order valence-corrected chi connectivity index (χ4v) is 1.73. The van der Waals surface area contributed by atoms with Gasteiger partial charge in [-0.3, -0.25) is 4.79 Å². The van der Waals surface area contributed by atoms with Gasteiger partial charge in [0.25, 0.3) is 0 Å². The van der Waals surface area contributed by atoms with Gasteiger partial charge < -0.3 is 4.74 Å². The Kier molecular flexibility index (Phi) is 2.90. The lowest BCUT2D eigenvalue weighted by Crippen LogP contribution is -2.20. The topological polar surface area (TPSA) is 41.9 Å². The molecule has 1 aliphatic heterocycles. The summed E-state index contributed by atoms with van der Waals surface area (Å²) < 4.78 is 5.23. The standard InChI is InChI=1S/C12H14N2O2/c1-9-7-12(15)14(13-9)8-10-5-3-4-6-11(10)16-2/h3-6H,7-8H2,1-2H3. The van der Waals surface area contributed by atoms with E-state index in [0.29, 0.717) is 13.0 Å². The highest BCUT2D eigenvalue weighted by Crippen LogP contribution is 2.21. The molecule has 2 rings (SSSR count). The SMILES string of the molecule is COc1ccccc1CN1N=C(C)CC1=O. The van der Waals surface area contributed by atoms with Gasteiger partial charge in [0.2, 0.25) is 5.91 Å². The van der Waals surface area contributed by atoms with Crippen LogP contribution in [0.5, 0.6) is 5.75 Å². The third-order valence-corrected chi connectivity index (χ3v) is 2.50. The molecule has 4 heteroatoms. The number of benzene rings is 1. The summed E-state index contributed by atoms with van der Waals surface area (Å²) in [5.74, 6) is 0.832. The molecule has 0 bridgehead atoms. The van der Waals surface area contributed by atoms with Gasteiger partial charge in [0.05, 0.1) is 20.1 Å². The molecule has 1 aliphatic rings. The minimum atomic E-state index is 0.0448. The first kappa shape index (κ1) is 10.7. The average Bonchev–Trinajstić information content (AvgIpc) is 2.58. The minimum absolute atomic E-state index is 0.0448. The average molecular weight is 218 g/mol. The smallest absolute Gasteiger partial charge is 0.248 e. The number of para-hydroxylation sites is 1. The van der Waals surface area contributed by atoms with Crippen molar-refractivity contribution in [3.8, 4) is 5.75 Å². The van der Waals surface area contributed by atoms with Gasteiger partial charge in [-0.05, 0) is 13.0 Å². The minimum Gasteiger partial charge on any atom is -0.496 e. The highest BCUT2D eigenvalue weighted by Gasteiger charge is 2.21. The molecule has 0 aliphatic carbocycles. The van der Waals surface area contributed by atoms with E-state index in [1.165, 1.54) is 5.01 Å². The van der Waals surface area contributed by atoms with E-state index in [1.807, 2.05) is 31.2 Å². The molecule has 0 radical (unpaired) electrons. The maximum atomic E-state index is 11.6. The van der Waals surface area contributed by atoms with Gasteiger partial charge in [-0.15, -0.1) is 0 Å². The number of hydrogen-bond donors (Lipinski definition) is 0. The molecule has 1 amide bonds. The largest absolute Gasteiger partial charge is 0.496 e. The fourth-order valence-electron chi connectivity index (χ4n) is 1.73. The molecule has 84 valence electrons. The van der Waals surface area contributed by atoms with Gasteiger partial charge in [-0.1, -0.05) is 18.2 Å². The molecule has 4 nitrogen and oxygen atoms in total. The van der Waals surface area contributed by atoms with Gasteiger partial charge in [-0.25, -0.2) is 5.01 Å². The zero-order valence-corrected chi connectivity index (χ0v) is 9.43. The van der Waals surface area contributed by atoms with Crippen LogP contribution in [-0.2, 0) is 11.3 Å². The van der Waals surface area contributed by atoms with Crippen molar-refractivity contribution >= 4 is 11.6 Å². The van der Waals surface area contributed by atoms with Crippen LogP contribution >= 0.6 is 0 Å². The van der Waals surface area contributed by atoms with Crippen LogP contribution in [-0.4, -0.2) is 23.7 Å². The second kappa shape index (κ2) is 4.35. The molecule has 0 spiro atoms. The van der Waals surface area contributed by atoms with Crippen molar-refractivity contribution in [2.24, 2.45) is 5.10 Å². The zero-order chi connectivity index (χ0) is 11.5. The Morgan fingerprint density at radius 3 is 2.81 bits per heavy atom. The fraction of sp³-hybridized carbons (Fsp3) is 0.333. The monoisotopic (exact) mass is 218 g/mol. The molecule has 0 atom stereocenters. The number of nitrogens with zero attached hydrogens (tertiary/aromatic N) is 2. The number of hydrogen-bond acceptors (Lipinski definition) is 3. The maximum Gasteiger partial charge on any atom is 0.248 e. The summed E-state index contributed by atoms with van der Waals surface area (Å²) >= 11 is 0. The van der Waals surface area contributed by atoms with Gasteiger partial charge >= 0.3 is 0 Å². The van der Waals surface area contributed by atoms with E-state index in [-0.39, 0.29) is 5.91 Å². The van der Waals surface area contributed by atoms with Crippen LogP contribution in [0.2, 0.25) is 0 Å². The third kappa shape index (κ3) is 2.05. The van der Waals surface area contributed by atoms with E-state index in [0.717, 1.165) is 17.0 Å². The van der Waals surface area contributed by atoms with Crippen LogP contribution in [0.1, 0.15) is 18.9 Å². The van der Waals surface area contributed by atoms with Crippen molar-refractivity contribution in [1.29, 1.82) is 0 Å². The predicted molar refractivity (Wildman–Crippen MR) is 61.3 cm³/mol.